The number of ether oxygens (including phenoxy) is 1. The van der Waals surface area contributed by atoms with E-state index in [4.69, 9.17) is 10.5 Å². The minimum Gasteiger partial charge on any atom is -0.494 e. The SMILES string of the molecule is CCOc1cccc(C(N)Cc2cc(CC)nn2C)c1. The van der Waals surface area contributed by atoms with Crippen LogP contribution in [0.4, 0.5) is 0 Å². The van der Waals surface area contributed by atoms with Gasteiger partial charge >= 0.3 is 0 Å². The standard InChI is InChI=1S/C16H23N3O/c1-4-13-10-14(19(3)18-13)11-16(17)12-7-6-8-15(9-12)20-5-2/h6-10,16H,4-5,11,17H2,1-3H3. The molecule has 0 spiro atoms. The minimum atomic E-state index is -0.0458. The summed E-state index contributed by atoms with van der Waals surface area (Å²) >= 11 is 0. The van der Waals surface area contributed by atoms with Crippen molar-refractivity contribution >= 4 is 0 Å². The first-order valence-corrected chi connectivity index (χ1v) is 7.14. The molecule has 2 N–H and O–H groups in total. The Balaban J connectivity index is 2.12. The Bertz CT molecular complexity index is 563. The van der Waals surface area contributed by atoms with Gasteiger partial charge < -0.3 is 10.5 Å². The molecule has 1 aromatic carbocycles. The monoisotopic (exact) mass is 273 g/mol. The molecule has 0 bridgehead atoms. The molecule has 0 radical (unpaired) electrons. The summed E-state index contributed by atoms with van der Waals surface area (Å²) in [7, 11) is 1.97. The highest BCUT2D eigenvalue weighted by Gasteiger charge is 2.12. The summed E-state index contributed by atoms with van der Waals surface area (Å²) in [5.41, 5.74) is 9.68. The largest absolute Gasteiger partial charge is 0.494 e. The lowest BCUT2D eigenvalue weighted by Gasteiger charge is -2.13. The topological polar surface area (TPSA) is 53.1 Å². The first-order valence-electron chi connectivity index (χ1n) is 7.14. The van der Waals surface area contributed by atoms with Gasteiger partial charge in [0.1, 0.15) is 5.75 Å². The van der Waals surface area contributed by atoms with Gasteiger partial charge in [0.25, 0.3) is 0 Å². The van der Waals surface area contributed by atoms with Crippen molar-refractivity contribution in [3.05, 3.63) is 47.3 Å². The predicted octanol–water partition coefficient (Wildman–Crippen LogP) is 2.62. The van der Waals surface area contributed by atoms with Crippen LogP contribution in [-0.2, 0) is 19.9 Å². The summed E-state index contributed by atoms with van der Waals surface area (Å²) in [6.07, 6.45) is 1.72. The fraction of sp³-hybridized carbons (Fsp3) is 0.438. The summed E-state index contributed by atoms with van der Waals surface area (Å²) < 4.78 is 7.44. The van der Waals surface area contributed by atoms with Gasteiger partial charge in [-0.3, -0.25) is 4.68 Å². The molecule has 0 amide bonds. The number of hydrogen-bond donors (Lipinski definition) is 1. The predicted molar refractivity (Wildman–Crippen MR) is 80.8 cm³/mol. The van der Waals surface area contributed by atoms with Gasteiger partial charge in [-0.15, -0.1) is 0 Å². The number of rotatable bonds is 6. The minimum absolute atomic E-state index is 0.0458. The Hall–Kier alpha value is -1.81. The number of aromatic nitrogens is 2. The van der Waals surface area contributed by atoms with E-state index in [9.17, 15) is 0 Å². The molecule has 1 aromatic heterocycles. The van der Waals surface area contributed by atoms with Crippen LogP contribution in [0, 0.1) is 0 Å². The van der Waals surface area contributed by atoms with E-state index in [-0.39, 0.29) is 6.04 Å². The summed E-state index contributed by atoms with van der Waals surface area (Å²) in [6.45, 7) is 4.76. The van der Waals surface area contributed by atoms with Gasteiger partial charge in [0.05, 0.1) is 12.3 Å². The zero-order valence-electron chi connectivity index (χ0n) is 12.5. The lowest BCUT2D eigenvalue weighted by molar-refractivity contribution is 0.339. The van der Waals surface area contributed by atoms with E-state index in [1.807, 2.05) is 42.9 Å². The molecule has 1 atom stereocenters. The van der Waals surface area contributed by atoms with Crippen LogP contribution in [0.5, 0.6) is 5.75 Å². The fourth-order valence-corrected chi connectivity index (χ4v) is 2.28. The number of nitrogens with two attached hydrogens (primary N) is 1. The Morgan fingerprint density at radius 1 is 1.30 bits per heavy atom. The maximum atomic E-state index is 6.32. The third-order valence-electron chi connectivity index (χ3n) is 3.42. The Labute approximate surface area is 120 Å². The molecular formula is C16H23N3O. The zero-order valence-corrected chi connectivity index (χ0v) is 12.5. The van der Waals surface area contributed by atoms with Gasteiger partial charge in [-0.1, -0.05) is 19.1 Å². The van der Waals surface area contributed by atoms with Gasteiger partial charge in [0.2, 0.25) is 0 Å². The molecule has 20 heavy (non-hydrogen) atoms. The van der Waals surface area contributed by atoms with E-state index in [1.165, 1.54) is 0 Å². The summed E-state index contributed by atoms with van der Waals surface area (Å²) in [4.78, 5) is 0. The molecule has 4 heteroatoms. The van der Waals surface area contributed by atoms with Crippen molar-refractivity contribution in [2.45, 2.75) is 32.7 Å². The molecule has 4 nitrogen and oxygen atoms in total. The van der Waals surface area contributed by atoms with Crippen LogP contribution in [0.1, 0.15) is 36.8 Å². The van der Waals surface area contributed by atoms with E-state index in [0.29, 0.717) is 6.61 Å². The van der Waals surface area contributed by atoms with E-state index in [0.717, 1.165) is 35.5 Å². The maximum Gasteiger partial charge on any atom is 0.119 e. The molecule has 0 saturated carbocycles. The normalized spacial score (nSPS) is 12.4. The average molecular weight is 273 g/mol. The Morgan fingerprint density at radius 2 is 2.10 bits per heavy atom. The maximum absolute atomic E-state index is 6.32. The molecule has 0 saturated heterocycles. The van der Waals surface area contributed by atoms with Crippen LogP contribution in [0.2, 0.25) is 0 Å². The van der Waals surface area contributed by atoms with E-state index < -0.39 is 0 Å². The number of aryl methyl sites for hydroxylation is 2. The van der Waals surface area contributed by atoms with Gasteiger partial charge in [0.15, 0.2) is 0 Å². The van der Waals surface area contributed by atoms with E-state index in [1.54, 1.807) is 0 Å². The van der Waals surface area contributed by atoms with Crippen molar-refractivity contribution in [2.24, 2.45) is 12.8 Å². The van der Waals surface area contributed by atoms with Gasteiger partial charge in [-0.25, -0.2) is 0 Å². The molecule has 108 valence electrons. The van der Waals surface area contributed by atoms with Crippen molar-refractivity contribution < 1.29 is 4.74 Å². The first kappa shape index (κ1) is 14.6. The lowest BCUT2D eigenvalue weighted by atomic mass is 10.0. The van der Waals surface area contributed by atoms with Crippen LogP contribution < -0.4 is 10.5 Å². The molecule has 0 aliphatic rings. The van der Waals surface area contributed by atoms with Gasteiger partial charge in [-0.05, 0) is 37.1 Å². The fourth-order valence-electron chi connectivity index (χ4n) is 2.28. The zero-order chi connectivity index (χ0) is 14.5. The average Bonchev–Trinajstić information content (AvgIpc) is 2.80. The Morgan fingerprint density at radius 3 is 2.75 bits per heavy atom. The van der Waals surface area contributed by atoms with Crippen LogP contribution >= 0.6 is 0 Å². The van der Waals surface area contributed by atoms with Crippen molar-refractivity contribution in [3.63, 3.8) is 0 Å². The molecule has 0 fully saturated rings. The number of nitrogens with zero attached hydrogens (tertiary/aromatic N) is 2. The molecule has 1 heterocycles. The van der Waals surface area contributed by atoms with Crippen molar-refractivity contribution in [1.82, 2.24) is 9.78 Å². The van der Waals surface area contributed by atoms with Gasteiger partial charge in [0, 0.05) is 25.2 Å². The molecule has 1 unspecified atom stereocenters. The lowest BCUT2D eigenvalue weighted by Crippen LogP contribution is -2.15. The smallest absolute Gasteiger partial charge is 0.119 e. The van der Waals surface area contributed by atoms with Crippen molar-refractivity contribution in [1.29, 1.82) is 0 Å². The second kappa shape index (κ2) is 6.57. The third kappa shape index (κ3) is 3.39. The molecular weight excluding hydrogens is 250 g/mol. The third-order valence-corrected chi connectivity index (χ3v) is 3.42. The van der Waals surface area contributed by atoms with Crippen LogP contribution in [0.3, 0.4) is 0 Å². The highest BCUT2D eigenvalue weighted by Crippen LogP contribution is 2.21. The molecule has 0 aliphatic carbocycles. The highest BCUT2D eigenvalue weighted by atomic mass is 16.5. The van der Waals surface area contributed by atoms with Crippen LogP contribution in [0.15, 0.2) is 30.3 Å². The Kier molecular flexibility index (Phi) is 4.79. The first-order chi connectivity index (χ1) is 9.63. The van der Waals surface area contributed by atoms with Crippen molar-refractivity contribution in [2.75, 3.05) is 6.61 Å². The highest BCUT2D eigenvalue weighted by molar-refractivity contribution is 5.31. The second-order valence-corrected chi connectivity index (χ2v) is 4.92. The molecule has 2 rings (SSSR count). The summed E-state index contributed by atoms with van der Waals surface area (Å²) in [6, 6.07) is 10.1. The number of hydrogen-bond acceptors (Lipinski definition) is 3. The second-order valence-electron chi connectivity index (χ2n) is 4.92. The van der Waals surface area contributed by atoms with Crippen LogP contribution in [-0.4, -0.2) is 16.4 Å². The summed E-state index contributed by atoms with van der Waals surface area (Å²) in [5, 5.41) is 4.46. The summed E-state index contributed by atoms with van der Waals surface area (Å²) in [5.74, 6) is 0.875. The molecule has 0 aliphatic heterocycles. The number of benzene rings is 1. The van der Waals surface area contributed by atoms with E-state index in [2.05, 4.69) is 18.1 Å². The quantitative estimate of drug-likeness (QED) is 0.880. The van der Waals surface area contributed by atoms with E-state index >= 15 is 0 Å². The van der Waals surface area contributed by atoms with Crippen LogP contribution in [0.25, 0.3) is 0 Å². The van der Waals surface area contributed by atoms with Crippen molar-refractivity contribution in [3.8, 4) is 5.75 Å². The molecule has 2 aromatic rings. The van der Waals surface area contributed by atoms with Gasteiger partial charge in [-0.2, -0.15) is 5.10 Å².